The van der Waals surface area contributed by atoms with E-state index in [1.165, 1.54) is 44.9 Å². The Morgan fingerprint density at radius 1 is 0.980 bits per heavy atom. The van der Waals surface area contributed by atoms with Gasteiger partial charge in [0.2, 0.25) is 0 Å². The van der Waals surface area contributed by atoms with E-state index < -0.39 is 30.2 Å². The van der Waals surface area contributed by atoms with Gasteiger partial charge in [0.1, 0.15) is 29.5 Å². The molecule has 7 unspecified atom stereocenters. The van der Waals surface area contributed by atoms with Gasteiger partial charge in [-0.2, -0.15) is 13.2 Å². The first-order valence-electron chi connectivity index (χ1n) is 18.7. The molecule has 14 heteroatoms. The molecule has 2 aromatic heterocycles. The Kier molecular flexibility index (Phi) is 11.1. The van der Waals surface area contributed by atoms with Crippen LogP contribution < -0.4 is 10.5 Å². The molecule has 4 fully saturated rings. The monoisotopic (exact) mass is 713 g/mol. The van der Waals surface area contributed by atoms with Crippen LogP contribution in [0.5, 0.6) is 5.75 Å². The number of nitrogen functional groups attached to an aromatic ring is 1. The molecule has 51 heavy (non-hydrogen) atoms. The number of alkyl halides is 3. The number of rotatable bonds is 7. The maximum Gasteiger partial charge on any atom is 0.434 e. The number of ether oxygens (including phenoxy) is 2. The summed E-state index contributed by atoms with van der Waals surface area (Å²) in [5.41, 5.74) is 7.70. The first-order valence-corrected chi connectivity index (χ1v) is 18.7. The van der Waals surface area contributed by atoms with Crippen molar-refractivity contribution in [2.75, 3.05) is 38.6 Å². The summed E-state index contributed by atoms with van der Waals surface area (Å²) in [6.45, 7) is 4.30. The molecule has 278 valence electrons. The molecular formula is C37H50F3N7O4. The van der Waals surface area contributed by atoms with E-state index in [4.69, 9.17) is 15.2 Å². The van der Waals surface area contributed by atoms with Crippen LogP contribution in [0, 0.1) is 17.8 Å². The third-order valence-electron chi connectivity index (χ3n) is 11.9. The van der Waals surface area contributed by atoms with Crippen molar-refractivity contribution in [2.24, 2.45) is 17.8 Å². The highest BCUT2D eigenvalue weighted by atomic mass is 19.4. The Morgan fingerprint density at radius 3 is 2.61 bits per heavy atom. The molecule has 2 saturated carbocycles. The topological polar surface area (TPSA) is 145 Å². The van der Waals surface area contributed by atoms with E-state index in [2.05, 4.69) is 43.4 Å². The summed E-state index contributed by atoms with van der Waals surface area (Å²) in [7, 11) is 0. The molecule has 2 aliphatic heterocycles. The number of nitrogens with zero attached hydrogens (tertiary/aromatic N) is 6. The second-order valence-electron chi connectivity index (χ2n) is 15.0. The first kappa shape index (κ1) is 36.0. The summed E-state index contributed by atoms with van der Waals surface area (Å²) in [5.74, 6) is 4.57. The number of nitrogens with two attached hydrogens (primary N) is 1. The van der Waals surface area contributed by atoms with Gasteiger partial charge in [0, 0.05) is 19.6 Å². The molecule has 2 saturated heterocycles. The number of aliphatic hydroxyl groups is 2. The Balaban J connectivity index is 0.000000318. The van der Waals surface area contributed by atoms with Crippen LogP contribution in [0.25, 0.3) is 0 Å². The molecule has 7 atom stereocenters. The summed E-state index contributed by atoms with van der Waals surface area (Å²) < 4.78 is 49.3. The van der Waals surface area contributed by atoms with Gasteiger partial charge in [0.05, 0.1) is 44.0 Å². The van der Waals surface area contributed by atoms with E-state index in [0.29, 0.717) is 31.0 Å². The fourth-order valence-electron chi connectivity index (χ4n) is 9.32. The average molecular weight is 714 g/mol. The van der Waals surface area contributed by atoms with Gasteiger partial charge >= 0.3 is 6.18 Å². The van der Waals surface area contributed by atoms with E-state index in [9.17, 15) is 23.4 Å². The molecule has 5 aliphatic rings. The number of aliphatic hydroxyl groups excluding tert-OH is 2. The van der Waals surface area contributed by atoms with Gasteiger partial charge in [-0.15, -0.1) is 5.10 Å². The quantitative estimate of drug-likeness (QED) is 0.269. The van der Waals surface area contributed by atoms with Gasteiger partial charge in [-0.3, -0.25) is 4.98 Å². The lowest BCUT2D eigenvalue weighted by atomic mass is 9.61. The normalized spacial score (nSPS) is 29.7. The SMILES string of the molecule is Nc1cncc(C(F)(F)F)n1.OC1CCOC(c2cn(C3CCN(CCCOc4ccc5c(c4)CCC4C5CCC5CCCC54)CC3)nn2)C1O. The number of halogens is 3. The highest BCUT2D eigenvalue weighted by molar-refractivity contribution is 5.40. The van der Waals surface area contributed by atoms with Gasteiger partial charge in [-0.05, 0) is 105 Å². The van der Waals surface area contributed by atoms with Crippen molar-refractivity contribution in [2.45, 2.75) is 107 Å². The van der Waals surface area contributed by atoms with Crippen molar-refractivity contribution in [1.29, 1.82) is 0 Å². The van der Waals surface area contributed by atoms with Crippen molar-refractivity contribution in [3.63, 3.8) is 0 Å². The summed E-state index contributed by atoms with van der Waals surface area (Å²) in [6, 6.07) is 7.29. The van der Waals surface area contributed by atoms with E-state index in [0.717, 1.165) is 81.1 Å². The van der Waals surface area contributed by atoms with Crippen LogP contribution in [0.3, 0.4) is 0 Å². The molecule has 4 heterocycles. The standard InChI is InChI=1S/C32H46N4O4.C5H4F3N3/c37-30-13-18-40-32(31(30)38)29-20-36(34-33-29)23-11-15-35(16-12-23)14-2-17-39-24-7-10-26-22(19-24)6-9-27-25-4-1-3-21(25)5-8-28(26)27;6-5(7,8)3-1-10-2-4(9)11-3/h7,10,19-21,23,25,27-28,30-32,37-38H,1-6,8-9,11-18H2;1-2H,(H2,9,11). The number of fused-ring (bicyclic) bond motifs is 5. The summed E-state index contributed by atoms with van der Waals surface area (Å²) in [4.78, 5) is 8.80. The van der Waals surface area contributed by atoms with Gasteiger partial charge < -0.3 is 30.3 Å². The average Bonchev–Trinajstić information content (AvgIpc) is 3.82. The Hall–Kier alpha value is -3.33. The summed E-state index contributed by atoms with van der Waals surface area (Å²) >= 11 is 0. The van der Waals surface area contributed by atoms with Gasteiger partial charge in [-0.25, -0.2) is 9.67 Å². The number of aromatic nitrogens is 5. The number of anilines is 1. The zero-order chi connectivity index (χ0) is 35.5. The third kappa shape index (κ3) is 8.34. The summed E-state index contributed by atoms with van der Waals surface area (Å²) in [5, 5.41) is 28.8. The maximum atomic E-state index is 11.8. The lowest BCUT2D eigenvalue weighted by Gasteiger charge is -2.44. The Bertz CT molecular complexity index is 1600. The maximum absolute atomic E-state index is 11.8. The van der Waals surface area contributed by atoms with Crippen LogP contribution in [0.15, 0.2) is 36.8 Å². The van der Waals surface area contributed by atoms with Crippen molar-refractivity contribution < 1.29 is 32.9 Å². The second kappa shape index (κ2) is 15.7. The largest absolute Gasteiger partial charge is 0.494 e. The van der Waals surface area contributed by atoms with Gasteiger partial charge in [0.25, 0.3) is 0 Å². The van der Waals surface area contributed by atoms with Crippen LogP contribution in [-0.4, -0.2) is 85.1 Å². The molecule has 0 amide bonds. The molecule has 1 aromatic carbocycles. The third-order valence-corrected chi connectivity index (χ3v) is 11.9. The first-order chi connectivity index (χ1) is 24.6. The zero-order valence-electron chi connectivity index (χ0n) is 29.0. The minimum absolute atomic E-state index is 0.236. The molecule has 0 bridgehead atoms. The van der Waals surface area contributed by atoms with E-state index in [1.54, 1.807) is 11.1 Å². The van der Waals surface area contributed by atoms with Crippen LogP contribution in [0.1, 0.15) is 105 Å². The number of aryl methyl sites for hydroxylation is 1. The molecule has 4 N–H and O–H groups in total. The molecule has 3 aliphatic carbocycles. The van der Waals surface area contributed by atoms with Crippen LogP contribution >= 0.6 is 0 Å². The smallest absolute Gasteiger partial charge is 0.434 e. The van der Waals surface area contributed by atoms with Gasteiger partial charge in [0.15, 0.2) is 5.69 Å². The second-order valence-corrected chi connectivity index (χ2v) is 15.0. The lowest BCUT2D eigenvalue weighted by Crippen LogP contribution is -2.39. The minimum Gasteiger partial charge on any atom is -0.494 e. The van der Waals surface area contributed by atoms with Crippen molar-refractivity contribution in [1.82, 2.24) is 29.9 Å². The molecule has 8 rings (SSSR count). The lowest BCUT2D eigenvalue weighted by molar-refractivity contribution is -0.141. The van der Waals surface area contributed by atoms with E-state index in [1.807, 2.05) is 10.9 Å². The fourth-order valence-corrected chi connectivity index (χ4v) is 9.32. The van der Waals surface area contributed by atoms with Crippen molar-refractivity contribution in [3.8, 4) is 5.75 Å². The number of benzene rings is 1. The number of hydrogen-bond acceptors (Lipinski definition) is 10. The van der Waals surface area contributed by atoms with E-state index in [-0.39, 0.29) is 5.82 Å². The number of likely N-dealkylation sites (tertiary alicyclic amines) is 1. The number of piperidine rings is 1. The van der Waals surface area contributed by atoms with Crippen LogP contribution in [0.2, 0.25) is 0 Å². The molecule has 3 aromatic rings. The van der Waals surface area contributed by atoms with Crippen LogP contribution in [0.4, 0.5) is 19.0 Å². The Labute approximate surface area is 296 Å². The van der Waals surface area contributed by atoms with E-state index >= 15 is 0 Å². The molecule has 0 radical (unpaired) electrons. The summed E-state index contributed by atoms with van der Waals surface area (Å²) in [6.07, 6.45) is 10.2. The predicted molar refractivity (Wildman–Crippen MR) is 183 cm³/mol. The predicted octanol–water partition coefficient (Wildman–Crippen LogP) is 5.50. The fraction of sp³-hybridized carbons (Fsp3) is 0.676. The Morgan fingerprint density at radius 2 is 1.82 bits per heavy atom. The molecular weight excluding hydrogens is 663 g/mol. The highest BCUT2D eigenvalue weighted by Crippen LogP contribution is 2.55. The zero-order valence-corrected chi connectivity index (χ0v) is 29.0. The number of hydrogen-bond donors (Lipinski definition) is 3. The molecule has 0 spiro atoms. The molecule has 11 nitrogen and oxygen atoms in total. The van der Waals surface area contributed by atoms with Crippen LogP contribution in [-0.2, 0) is 17.3 Å². The van der Waals surface area contributed by atoms with Crippen molar-refractivity contribution >= 4 is 5.82 Å². The minimum atomic E-state index is -4.47. The van der Waals surface area contributed by atoms with Gasteiger partial charge in [-0.1, -0.05) is 24.1 Å². The highest BCUT2D eigenvalue weighted by Gasteiger charge is 2.44. The van der Waals surface area contributed by atoms with Crippen molar-refractivity contribution in [3.05, 3.63) is 59.3 Å².